The second-order valence-electron chi connectivity index (χ2n) is 5.67. The first-order valence-corrected chi connectivity index (χ1v) is 7.06. The minimum atomic E-state index is -0.0252. The van der Waals surface area contributed by atoms with Gasteiger partial charge < -0.3 is 15.7 Å². The molecule has 2 fully saturated rings. The summed E-state index contributed by atoms with van der Waals surface area (Å²) in [7, 11) is 0. The van der Waals surface area contributed by atoms with Crippen LogP contribution < -0.4 is 5.73 Å². The van der Waals surface area contributed by atoms with Gasteiger partial charge in [0.05, 0.1) is 5.56 Å². The number of hydrogen-bond donors (Lipinski definition) is 2. The van der Waals surface area contributed by atoms with E-state index < -0.39 is 0 Å². The number of hydrogen-bond acceptors (Lipinski definition) is 3. The predicted molar refractivity (Wildman–Crippen MR) is 73.9 cm³/mol. The van der Waals surface area contributed by atoms with Crippen LogP contribution in [0.5, 0.6) is 5.75 Å². The first-order chi connectivity index (χ1) is 9.16. The van der Waals surface area contributed by atoms with E-state index in [0.717, 1.165) is 19.4 Å². The molecule has 4 heteroatoms. The van der Waals surface area contributed by atoms with Crippen LogP contribution in [0.4, 0.5) is 5.69 Å². The molecule has 2 atom stereocenters. The Morgan fingerprint density at radius 2 is 2.05 bits per heavy atom. The van der Waals surface area contributed by atoms with Crippen LogP contribution >= 0.6 is 0 Å². The molecule has 1 heterocycles. The predicted octanol–water partition coefficient (Wildman–Crippen LogP) is 2.38. The summed E-state index contributed by atoms with van der Waals surface area (Å²) in [5.41, 5.74) is 6.75. The molecule has 1 saturated heterocycles. The van der Waals surface area contributed by atoms with Crippen LogP contribution in [0.25, 0.3) is 0 Å². The topological polar surface area (TPSA) is 66.6 Å². The van der Waals surface area contributed by atoms with E-state index in [0.29, 0.717) is 23.2 Å². The maximum atomic E-state index is 12.6. The summed E-state index contributed by atoms with van der Waals surface area (Å²) in [5.74, 6) is 0.732. The van der Waals surface area contributed by atoms with Crippen LogP contribution in [0.15, 0.2) is 18.2 Å². The number of aromatic hydroxyl groups is 1. The minimum absolute atomic E-state index is 0.0252. The van der Waals surface area contributed by atoms with Crippen molar-refractivity contribution >= 4 is 11.6 Å². The number of phenols is 1. The third-order valence-electron chi connectivity index (χ3n) is 4.54. The van der Waals surface area contributed by atoms with Crippen molar-refractivity contribution in [1.82, 2.24) is 4.90 Å². The molecule has 2 aliphatic rings. The SMILES string of the molecule is Nc1ccc(O)cc1C(=O)N1CCC2CCCCC21. The lowest BCUT2D eigenvalue weighted by atomic mass is 9.85. The van der Waals surface area contributed by atoms with E-state index in [2.05, 4.69) is 0 Å². The maximum absolute atomic E-state index is 12.6. The molecule has 0 radical (unpaired) electrons. The summed E-state index contributed by atoms with van der Waals surface area (Å²) in [6, 6.07) is 4.97. The highest BCUT2D eigenvalue weighted by Gasteiger charge is 2.38. The van der Waals surface area contributed by atoms with Crippen LogP contribution in [0.2, 0.25) is 0 Å². The number of carbonyl (C=O) groups is 1. The maximum Gasteiger partial charge on any atom is 0.256 e. The van der Waals surface area contributed by atoms with E-state index in [1.165, 1.54) is 31.4 Å². The van der Waals surface area contributed by atoms with Crippen LogP contribution in [-0.4, -0.2) is 28.5 Å². The van der Waals surface area contributed by atoms with Crippen LogP contribution in [0.1, 0.15) is 42.5 Å². The highest BCUT2D eigenvalue weighted by atomic mass is 16.3. The number of fused-ring (bicyclic) bond motifs is 1. The van der Waals surface area contributed by atoms with Crippen molar-refractivity contribution in [1.29, 1.82) is 0 Å². The summed E-state index contributed by atoms with van der Waals surface area (Å²) >= 11 is 0. The summed E-state index contributed by atoms with van der Waals surface area (Å²) in [5, 5.41) is 9.54. The summed E-state index contributed by atoms with van der Waals surface area (Å²) < 4.78 is 0. The smallest absolute Gasteiger partial charge is 0.256 e. The van der Waals surface area contributed by atoms with Crippen molar-refractivity contribution in [3.8, 4) is 5.75 Å². The van der Waals surface area contributed by atoms with Crippen molar-refractivity contribution in [3.05, 3.63) is 23.8 Å². The van der Waals surface area contributed by atoms with Gasteiger partial charge in [-0.25, -0.2) is 0 Å². The van der Waals surface area contributed by atoms with Gasteiger partial charge in [0.15, 0.2) is 0 Å². The van der Waals surface area contributed by atoms with Gasteiger partial charge in [0.25, 0.3) is 5.91 Å². The third-order valence-corrected chi connectivity index (χ3v) is 4.54. The molecule has 3 rings (SSSR count). The number of anilines is 1. The summed E-state index contributed by atoms with van der Waals surface area (Å²) in [4.78, 5) is 14.6. The Bertz CT molecular complexity index is 501. The Hall–Kier alpha value is -1.71. The van der Waals surface area contributed by atoms with Crippen LogP contribution in [0, 0.1) is 5.92 Å². The number of rotatable bonds is 1. The molecular formula is C15H20N2O2. The van der Waals surface area contributed by atoms with Crippen molar-refractivity contribution in [2.45, 2.75) is 38.1 Å². The molecule has 19 heavy (non-hydrogen) atoms. The molecule has 102 valence electrons. The Kier molecular flexibility index (Phi) is 3.09. The number of amides is 1. The molecule has 0 spiro atoms. The van der Waals surface area contributed by atoms with E-state index in [4.69, 9.17) is 5.73 Å². The molecular weight excluding hydrogens is 240 g/mol. The van der Waals surface area contributed by atoms with Gasteiger partial charge in [0, 0.05) is 18.3 Å². The average molecular weight is 260 g/mol. The zero-order chi connectivity index (χ0) is 13.4. The van der Waals surface area contributed by atoms with E-state index in [1.54, 1.807) is 6.07 Å². The molecule has 3 N–H and O–H groups in total. The molecule has 0 bridgehead atoms. The number of nitrogens with zero attached hydrogens (tertiary/aromatic N) is 1. The van der Waals surface area contributed by atoms with E-state index >= 15 is 0 Å². The second-order valence-corrected chi connectivity index (χ2v) is 5.67. The van der Waals surface area contributed by atoms with Gasteiger partial charge in [-0.2, -0.15) is 0 Å². The number of nitrogen functional groups attached to an aromatic ring is 1. The highest BCUT2D eigenvalue weighted by molar-refractivity contribution is 5.99. The molecule has 0 aromatic heterocycles. The molecule has 1 amide bonds. The van der Waals surface area contributed by atoms with Crippen LogP contribution in [-0.2, 0) is 0 Å². The monoisotopic (exact) mass is 260 g/mol. The van der Waals surface area contributed by atoms with Gasteiger partial charge in [-0.15, -0.1) is 0 Å². The number of carbonyl (C=O) groups excluding carboxylic acids is 1. The Labute approximate surface area is 113 Å². The average Bonchev–Trinajstić information content (AvgIpc) is 2.84. The van der Waals surface area contributed by atoms with Crippen molar-refractivity contribution in [3.63, 3.8) is 0 Å². The van der Waals surface area contributed by atoms with Crippen molar-refractivity contribution in [2.24, 2.45) is 5.92 Å². The standard InChI is InChI=1S/C15H20N2O2/c16-13-6-5-11(18)9-12(13)15(19)17-8-7-10-3-1-2-4-14(10)17/h5-6,9-10,14,18H,1-4,7-8,16H2. The fourth-order valence-corrected chi connectivity index (χ4v) is 3.54. The number of likely N-dealkylation sites (tertiary alicyclic amines) is 1. The lowest BCUT2D eigenvalue weighted by Gasteiger charge is -2.32. The molecule has 1 aliphatic carbocycles. The molecule has 1 aliphatic heterocycles. The molecule has 1 saturated carbocycles. The minimum Gasteiger partial charge on any atom is -0.508 e. The quantitative estimate of drug-likeness (QED) is 0.602. The van der Waals surface area contributed by atoms with E-state index in [9.17, 15) is 9.90 Å². The van der Waals surface area contributed by atoms with Crippen molar-refractivity contribution in [2.75, 3.05) is 12.3 Å². The van der Waals surface area contributed by atoms with E-state index in [1.807, 2.05) is 4.90 Å². The fraction of sp³-hybridized carbons (Fsp3) is 0.533. The van der Waals surface area contributed by atoms with E-state index in [-0.39, 0.29) is 11.7 Å². The van der Waals surface area contributed by atoms with Gasteiger partial charge in [-0.1, -0.05) is 12.8 Å². The Morgan fingerprint density at radius 1 is 1.26 bits per heavy atom. The summed E-state index contributed by atoms with van der Waals surface area (Å²) in [6.45, 7) is 0.823. The lowest BCUT2D eigenvalue weighted by molar-refractivity contribution is 0.0691. The second kappa shape index (κ2) is 4.76. The summed E-state index contributed by atoms with van der Waals surface area (Å²) in [6.07, 6.45) is 5.95. The molecule has 4 nitrogen and oxygen atoms in total. The van der Waals surface area contributed by atoms with Crippen LogP contribution in [0.3, 0.4) is 0 Å². The zero-order valence-electron chi connectivity index (χ0n) is 11.0. The van der Waals surface area contributed by atoms with Gasteiger partial charge in [-0.05, 0) is 43.4 Å². The number of benzene rings is 1. The highest BCUT2D eigenvalue weighted by Crippen LogP contribution is 2.37. The first-order valence-electron chi connectivity index (χ1n) is 7.06. The van der Waals surface area contributed by atoms with Gasteiger partial charge in [-0.3, -0.25) is 4.79 Å². The van der Waals surface area contributed by atoms with Gasteiger partial charge in [0.1, 0.15) is 5.75 Å². The third kappa shape index (κ3) is 2.15. The Balaban J connectivity index is 1.85. The molecule has 1 aromatic carbocycles. The van der Waals surface area contributed by atoms with Crippen molar-refractivity contribution < 1.29 is 9.90 Å². The molecule has 2 unspecified atom stereocenters. The first kappa shape index (κ1) is 12.3. The zero-order valence-corrected chi connectivity index (χ0v) is 11.0. The fourth-order valence-electron chi connectivity index (χ4n) is 3.54. The Morgan fingerprint density at radius 3 is 2.89 bits per heavy atom. The number of nitrogens with two attached hydrogens (primary N) is 1. The van der Waals surface area contributed by atoms with Gasteiger partial charge in [0.2, 0.25) is 0 Å². The van der Waals surface area contributed by atoms with Gasteiger partial charge >= 0.3 is 0 Å². The lowest BCUT2D eigenvalue weighted by Crippen LogP contribution is -2.39. The number of phenolic OH excluding ortho intramolecular Hbond substituents is 1. The molecule has 1 aromatic rings. The largest absolute Gasteiger partial charge is 0.508 e. The normalized spacial score (nSPS) is 26.2.